The van der Waals surface area contributed by atoms with Crippen molar-refractivity contribution in [2.75, 3.05) is 33.1 Å². The van der Waals surface area contributed by atoms with Crippen LogP contribution in [-0.2, 0) is 63.1 Å². The van der Waals surface area contributed by atoms with Crippen molar-refractivity contribution in [3.05, 3.63) is 35.9 Å². The summed E-state index contributed by atoms with van der Waals surface area (Å²) in [7, 11) is -4.12. The lowest BCUT2D eigenvalue weighted by atomic mass is 9.92. The smallest absolute Gasteiger partial charge is 0.410 e. The lowest BCUT2D eigenvalue weighted by molar-refractivity contribution is -0.177. The van der Waals surface area contributed by atoms with Crippen molar-refractivity contribution in [3.8, 4) is 0 Å². The third-order valence-electron chi connectivity index (χ3n) is 7.01. The molecule has 1 heterocycles. The fourth-order valence-electron chi connectivity index (χ4n) is 4.11. The zero-order valence-corrected chi connectivity index (χ0v) is 30.3. The van der Waals surface area contributed by atoms with E-state index in [-0.39, 0.29) is 32.2 Å². The van der Waals surface area contributed by atoms with Gasteiger partial charge in [-0.15, -0.1) is 0 Å². The first kappa shape index (κ1) is 40.7. The number of benzene rings is 1. The number of hydrogen-bond donors (Lipinski definition) is 0. The van der Waals surface area contributed by atoms with Gasteiger partial charge in [0.05, 0.1) is 22.4 Å². The van der Waals surface area contributed by atoms with Crippen LogP contribution in [0.1, 0.15) is 80.7 Å². The van der Waals surface area contributed by atoms with Crippen molar-refractivity contribution in [1.82, 2.24) is 4.90 Å². The van der Waals surface area contributed by atoms with Gasteiger partial charge in [-0.3, -0.25) is 32.9 Å². The van der Waals surface area contributed by atoms with Gasteiger partial charge in [0.2, 0.25) is 20.4 Å². The number of esters is 4. The van der Waals surface area contributed by atoms with Gasteiger partial charge >= 0.3 is 37.6 Å². The molecule has 1 aromatic rings. The summed E-state index contributed by atoms with van der Waals surface area (Å²) in [6.07, 6.45) is -0.844. The highest BCUT2D eigenvalue weighted by Gasteiger charge is 2.42. The van der Waals surface area contributed by atoms with Crippen LogP contribution in [0, 0.1) is 22.2 Å². The molecule has 0 unspecified atom stereocenters. The van der Waals surface area contributed by atoms with Crippen LogP contribution in [0.4, 0.5) is 4.79 Å². The minimum absolute atomic E-state index is 0.0118. The van der Waals surface area contributed by atoms with Crippen molar-refractivity contribution in [1.29, 1.82) is 0 Å². The lowest BCUT2D eigenvalue weighted by Gasteiger charge is -2.37. The average molecular weight is 700 g/mol. The molecule has 2 rings (SSSR count). The van der Waals surface area contributed by atoms with Gasteiger partial charge in [0, 0.05) is 6.54 Å². The maximum atomic E-state index is 13.9. The van der Waals surface area contributed by atoms with Crippen molar-refractivity contribution >= 4 is 37.6 Å². The number of piperidine rings is 1. The summed E-state index contributed by atoms with van der Waals surface area (Å²) >= 11 is 0. The summed E-state index contributed by atoms with van der Waals surface area (Å²) in [6.45, 7) is 12.7. The second-order valence-electron chi connectivity index (χ2n) is 14.6. The van der Waals surface area contributed by atoms with Gasteiger partial charge < -0.3 is 23.7 Å². The topological polar surface area (TPSA) is 170 Å². The van der Waals surface area contributed by atoms with E-state index in [0.29, 0.717) is 0 Å². The Labute approximate surface area is 282 Å². The molecule has 0 aromatic heterocycles. The van der Waals surface area contributed by atoms with Crippen LogP contribution in [0.2, 0.25) is 0 Å². The molecule has 1 aliphatic rings. The second kappa shape index (κ2) is 17.3. The molecule has 0 radical (unpaired) electrons. The molecule has 1 saturated heterocycles. The molecule has 0 bridgehead atoms. The zero-order chi connectivity index (χ0) is 36.3. The van der Waals surface area contributed by atoms with E-state index in [1.165, 1.54) is 4.90 Å². The molecular weight excluding hydrogens is 649 g/mol. The van der Waals surface area contributed by atoms with E-state index in [0.717, 1.165) is 5.56 Å². The highest BCUT2D eigenvalue weighted by molar-refractivity contribution is 7.53. The summed E-state index contributed by atoms with van der Waals surface area (Å²) in [5.41, 5.74) is -1.80. The Morgan fingerprint density at radius 2 is 1.19 bits per heavy atom. The van der Waals surface area contributed by atoms with Crippen LogP contribution in [0.5, 0.6) is 0 Å². The molecule has 2 atom stereocenters. The summed E-state index contributed by atoms with van der Waals surface area (Å²) in [4.78, 5) is 64.4. The van der Waals surface area contributed by atoms with Gasteiger partial charge in [0.1, 0.15) is 12.6 Å². The third kappa shape index (κ3) is 13.6. The number of carbonyl (C=O) groups excluding carboxylic acids is 5. The van der Waals surface area contributed by atoms with Gasteiger partial charge in [0.25, 0.3) is 0 Å². The number of carbonyl (C=O) groups is 5. The van der Waals surface area contributed by atoms with Gasteiger partial charge in [-0.05, 0) is 86.6 Å². The predicted molar refractivity (Wildman–Crippen MR) is 172 cm³/mol. The van der Waals surface area contributed by atoms with E-state index in [1.54, 1.807) is 86.6 Å². The molecule has 1 amide bonds. The molecule has 48 heavy (non-hydrogen) atoms. The molecule has 270 valence electrons. The monoisotopic (exact) mass is 699 g/mol. The maximum absolute atomic E-state index is 13.9. The standard InChI is InChI=1S/C33H50NO13P/c1-31(2,3)27(36)43-20-42-26(35)25-17-24(15-16-34(25)30(39)41-18-23-13-11-10-12-14-23)19-48(40,46-21-44-28(37)32(4,5)6)47-22-45-29(38)33(7,8)9/h10-14,24-25H,15-22H2,1-9H3/t24-,25+/m0/s1. The van der Waals surface area contributed by atoms with Gasteiger partial charge in [-0.2, -0.15) is 0 Å². The Kier molecular flexibility index (Phi) is 14.6. The van der Waals surface area contributed by atoms with Crippen molar-refractivity contribution in [2.45, 2.75) is 87.8 Å². The summed E-state index contributed by atoms with van der Waals surface area (Å²) in [5.74, 6) is -3.21. The maximum Gasteiger partial charge on any atom is 0.410 e. The van der Waals surface area contributed by atoms with Crippen LogP contribution in [0.15, 0.2) is 30.3 Å². The highest BCUT2D eigenvalue weighted by Crippen LogP contribution is 2.51. The van der Waals surface area contributed by atoms with E-state index in [2.05, 4.69) is 0 Å². The SMILES string of the molecule is CC(C)(C)C(=O)OCOC(=O)[C@H]1C[C@@H](CP(=O)(OCOC(=O)C(C)(C)C)OCOC(=O)C(C)(C)C)CCN1C(=O)OCc1ccccc1. The molecule has 0 saturated carbocycles. The molecule has 0 aliphatic carbocycles. The van der Waals surface area contributed by atoms with Crippen LogP contribution in [0.3, 0.4) is 0 Å². The van der Waals surface area contributed by atoms with Crippen LogP contribution >= 0.6 is 7.60 Å². The lowest BCUT2D eigenvalue weighted by Crippen LogP contribution is -2.51. The van der Waals surface area contributed by atoms with E-state index < -0.39 is 86.1 Å². The number of likely N-dealkylation sites (tertiary alicyclic amines) is 1. The van der Waals surface area contributed by atoms with Crippen LogP contribution < -0.4 is 0 Å². The second-order valence-corrected chi connectivity index (χ2v) is 16.7. The van der Waals surface area contributed by atoms with E-state index in [4.69, 9.17) is 32.7 Å². The van der Waals surface area contributed by atoms with E-state index in [9.17, 15) is 28.5 Å². The Morgan fingerprint density at radius 3 is 1.67 bits per heavy atom. The van der Waals surface area contributed by atoms with Crippen LogP contribution in [0.25, 0.3) is 0 Å². The van der Waals surface area contributed by atoms with Crippen molar-refractivity contribution in [3.63, 3.8) is 0 Å². The largest absolute Gasteiger partial charge is 0.445 e. The fourth-order valence-corrected chi connectivity index (χ4v) is 5.79. The average Bonchev–Trinajstić information content (AvgIpc) is 2.98. The molecule has 0 spiro atoms. The number of nitrogens with zero attached hydrogens (tertiary/aromatic N) is 1. The van der Waals surface area contributed by atoms with Gasteiger partial charge in [0.15, 0.2) is 0 Å². The number of amides is 1. The Bertz CT molecular complexity index is 1280. The molecular formula is C33H50NO13P. The Balaban J connectivity index is 2.21. The minimum atomic E-state index is -4.12. The number of rotatable bonds is 13. The first-order chi connectivity index (χ1) is 22.1. The molecule has 1 fully saturated rings. The molecule has 0 N–H and O–H groups in total. The molecule has 15 heteroatoms. The third-order valence-corrected chi connectivity index (χ3v) is 8.97. The summed E-state index contributed by atoms with van der Waals surface area (Å²) in [6, 6.07) is 7.78. The molecule has 1 aliphatic heterocycles. The first-order valence-electron chi connectivity index (χ1n) is 15.7. The van der Waals surface area contributed by atoms with Crippen molar-refractivity contribution < 1.29 is 61.3 Å². The predicted octanol–water partition coefficient (Wildman–Crippen LogP) is 5.81. The van der Waals surface area contributed by atoms with Crippen molar-refractivity contribution in [2.24, 2.45) is 22.2 Å². The van der Waals surface area contributed by atoms with Gasteiger partial charge in [-0.1, -0.05) is 30.3 Å². The summed E-state index contributed by atoms with van der Waals surface area (Å²) < 4.78 is 50.9. The van der Waals surface area contributed by atoms with Crippen LogP contribution in [-0.4, -0.2) is 74.0 Å². The van der Waals surface area contributed by atoms with Gasteiger partial charge in [-0.25, -0.2) is 9.59 Å². The Morgan fingerprint density at radius 1 is 0.708 bits per heavy atom. The first-order valence-corrected chi connectivity index (χ1v) is 17.4. The molecule has 14 nitrogen and oxygen atoms in total. The minimum Gasteiger partial charge on any atom is -0.445 e. The fraction of sp³-hybridized carbons (Fsp3) is 0.667. The molecule has 1 aromatic carbocycles. The summed E-state index contributed by atoms with van der Waals surface area (Å²) in [5, 5.41) is 0. The normalized spacial score (nSPS) is 17.2. The quantitative estimate of drug-likeness (QED) is 0.105. The zero-order valence-electron chi connectivity index (χ0n) is 29.4. The van der Waals surface area contributed by atoms with E-state index in [1.807, 2.05) is 6.07 Å². The number of hydrogen-bond acceptors (Lipinski definition) is 13. The number of ether oxygens (including phenoxy) is 5. The Hall–Kier alpha value is -3.48. The van der Waals surface area contributed by atoms with E-state index >= 15 is 0 Å². The highest BCUT2D eigenvalue weighted by atomic mass is 31.2.